The molecular formula is C17H14ClF3O5S. The van der Waals surface area contributed by atoms with Crippen LogP contribution in [0.1, 0.15) is 28.4 Å². The molecule has 0 spiro atoms. The predicted octanol–water partition coefficient (Wildman–Crippen LogP) is 4.37. The van der Waals surface area contributed by atoms with Crippen molar-refractivity contribution in [2.75, 3.05) is 7.11 Å². The number of ketones is 1. The number of ether oxygens (including phenoxy) is 1. The van der Waals surface area contributed by atoms with Gasteiger partial charge in [-0.2, -0.15) is 21.6 Å². The van der Waals surface area contributed by atoms with E-state index in [1.165, 1.54) is 31.4 Å². The number of rotatable bonds is 6. The molecule has 0 aromatic heterocycles. The van der Waals surface area contributed by atoms with Crippen LogP contribution in [0.2, 0.25) is 5.02 Å². The Balaban J connectivity index is 2.53. The summed E-state index contributed by atoms with van der Waals surface area (Å²) in [6, 6.07) is 7.78. The molecule has 0 aliphatic carbocycles. The number of alkyl halides is 3. The standard InChI is InChI=1S/C17H14ClF3O5S/c1-3-10-6-11(8-13(7-10)26-27(23,24)17(19,20)21)16(22)14-9-12(18)4-5-15(14)25-2/h4-9H,3H2,1-2H3. The molecule has 0 radical (unpaired) electrons. The van der Waals surface area contributed by atoms with Crippen molar-refractivity contribution in [1.29, 1.82) is 0 Å². The van der Waals surface area contributed by atoms with E-state index in [0.29, 0.717) is 12.0 Å². The number of halogens is 4. The van der Waals surface area contributed by atoms with Crippen LogP contribution < -0.4 is 8.92 Å². The third-order valence-electron chi connectivity index (χ3n) is 3.53. The number of hydrogen-bond donors (Lipinski definition) is 0. The predicted molar refractivity (Wildman–Crippen MR) is 92.9 cm³/mol. The maximum absolute atomic E-state index is 12.8. The molecule has 0 atom stereocenters. The molecule has 0 aliphatic rings. The number of hydrogen-bond acceptors (Lipinski definition) is 5. The highest BCUT2D eigenvalue weighted by molar-refractivity contribution is 7.88. The zero-order chi connectivity index (χ0) is 20.4. The molecular weight excluding hydrogens is 409 g/mol. The second-order valence-corrected chi connectivity index (χ2v) is 7.35. The van der Waals surface area contributed by atoms with Gasteiger partial charge in [0.05, 0.1) is 12.7 Å². The average molecular weight is 423 g/mol. The molecule has 0 N–H and O–H groups in total. The Labute approximate surface area is 158 Å². The molecule has 27 heavy (non-hydrogen) atoms. The summed E-state index contributed by atoms with van der Waals surface area (Å²) in [5.41, 5.74) is -5.17. The van der Waals surface area contributed by atoms with Crippen molar-refractivity contribution in [3.63, 3.8) is 0 Å². The number of carbonyl (C=O) groups excluding carboxylic acids is 1. The largest absolute Gasteiger partial charge is 0.534 e. The third-order valence-corrected chi connectivity index (χ3v) is 4.75. The Bertz CT molecular complexity index is 971. The van der Waals surface area contributed by atoms with Gasteiger partial charge in [-0.15, -0.1) is 0 Å². The summed E-state index contributed by atoms with van der Waals surface area (Å²) in [7, 11) is -4.52. The maximum Gasteiger partial charge on any atom is 0.534 e. The van der Waals surface area contributed by atoms with Gasteiger partial charge in [-0.3, -0.25) is 4.79 Å². The SMILES string of the molecule is CCc1cc(OS(=O)(=O)C(F)(F)F)cc(C(=O)c2cc(Cl)ccc2OC)c1. The summed E-state index contributed by atoms with van der Waals surface area (Å²) in [5.74, 6) is -1.02. The van der Waals surface area contributed by atoms with Gasteiger partial charge in [-0.25, -0.2) is 0 Å². The smallest absolute Gasteiger partial charge is 0.496 e. The van der Waals surface area contributed by atoms with Crippen LogP contribution >= 0.6 is 11.6 Å². The number of methoxy groups -OCH3 is 1. The van der Waals surface area contributed by atoms with E-state index >= 15 is 0 Å². The molecule has 0 bridgehead atoms. The van der Waals surface area contributed by atoms with Gasteiger partial charge in [0.25, 0.3) is 0 Å². The first-order chi connectivity index (χ1) is 12.5. The first kappa shape index (κ1) is 21.0. The van der Waals surface area contributed by atoms with Crippen molar-refractivity contribution in [2.24, 2.45) is 0 Å². The van der Waals surface area contributed by atoms with E-state index < -0.39 is 27.2 Å². The zero-order valence-corrected chi connectivity index (χ0v) is 15.7. The second kappa shape index (κ2) is 7.77. The minimum absolute atomic E-state index is 0.0673. The topological polar surface area (TPSA) is 69.7 Å². The lowest BCUT2D eigenvalue weighted by Crippen LogP contribution is -2.28. The van der Waals surface area contributed by atoms with E-state index in [1.54, 1.807) is 6.92 Å². The molecule has 2 aromatic carbocycles. The van der Waals surface area contributed by atoms with Gasteiger partial charge >= 0.3 is 15.6 Å². The fraction of sp³-hybridized carbons (Fsp3) is 0.235. The van der Waals surface area contributed by atoms with Crippen LogP contribution in [0.15, 0.2) is 36.4 Å². The Morgan fingerprint density at radius 1 is 1.15 bits per heavy atom. The highest BCUT2D eigenvalue weighted by atomic mass is 35.5. The van der Waals surface area contributed by atoms with Crippen molar-refractivity contribution in [3.05, 3.63) is 58.1 Å². The first-order valence-corrected chi connectivity index (χ1v) is 9.30. The molecule has 0 fully saturated rings. The van der Waals surface area contributed by atoms with E-state index in [9.17, 15) is 26.4 Å². The summed E-state index contributed by atoms with van der Waals surface area (Å²) in [4.78, 5) is 12.8. The van der Waals surface area contributed by atoms with Crippen LogP contribution in [0.3, 0.4) is 0 Å². The molecule has 10 heteroatoms. The Morgan fingerprint density at radius 3 is 2.37 bits per heavy atom. The lowest BCUT2D eigenvalue weighted by Gasteiger charge is -2.13. The van der Waals surface area contributed by atoms with E-state index in [2.05, 4.69) is 4.18 Å². The quantitative estimate of drug-likeness (QED) is 0.393. The van der Waals surface area contributed by atoms with Gasteiger partial charge in [0.1, 0.15) is 11.5 Å². The van der Waals surface area contributed by atoms with Crippen molar-refractivity contribution in [1.82, 2.24) is 0 Å². The van der Waals surface area contributed by atoms with E-state index in [1.807, 2.05) is 0 Å². The van der Waals surface area contributed by atoms with Gasteiger partial charge in [0.15, 0.2) is 5.78 Å². The molecule has 2 aromatic rings. The summed E-state index contributed by atoms with van der Waals surface area (Å²) in [6.45, 7) is 1.69. The summed E-state index contributed by atoms with van der Waals surface area (Å²) >= 11 is 5.90. The Morgan fingerprint density at radius 2 is 1.81 bits per heavy atom. The monoisotopic (exact) mass is 422 g/mol. The van der Waals surface area contributed by atoms with Crippen LogP contribution in [0, 0.1) is 0 Å². The van der Waals surface area contributed by atoms with Crippen molar-refractivity contribution in [2.45, 2.75) is 18.9 Å². The third kappa shape index (κ3) is 4.72. The molecule has 0 unspecified atom stereocenters. The van der Waals surface area contributed by atoms with Crippen molar-refractivity contribution >= 4 is 27.5 Å². The van der Waals surface area contributed by atoms with E-state index in [-0.39, 0.29) is 21.9 Å². The molecule has 5 nitrogen and oxygen atoms in total. The maximum atomic E-state index is 12.8. The zero-order valence-electron chi connectivity index (χ0n) is 14.1. The minimum atomic E-state index is -5.86. The van der Waals surface area contributed by atoms with Crippen LogP contribution in [0.25, 0.3) is 0 Å². The summed E-state index contributed by atoms with van der Waals surface area (Å²) < 4.78 is 69.4. The molecule has 146 valence electrons. The average Bonchev–Trinajstić information content (AvgIpc) is 2.59. The molecule has 0 heterocycles. The highest BCUT2D eigenvalue weighted by Crippen LogP contribution is 2.30. The number of aryl methyl sites for hydroxylation is 1. The molecule has 0 amide bonds. The van der Waals surface area contributed by atoms with Crippen LogP contribution in [0.4, 0.5) is 13.2 Å². The Kier molecular flexibility index (Phi) is 6.06. The van der Waals surface area contributed by atoms with Crippen LogP contribution in [0.5, 0.6) is 11.5 Å². The second-order valence-electron chi connectivity index (χ2n) is 5.38. The molecule has 0 saturated carbocycles. The van der Waals surface area contributed by atoms with Gasteiger partial charge in [-0.05, 0) is 48.4 Å². The summed E-state index contributed by atoms with van der Waals surface area (Å²) in [5, 5.41) is 0.252. The number of carbonyl (C=O) groups is 1. The van der Waals surface area contributed by atoms with Gasteiger partial charge in [0, 0.05) is 10.6 Å². The molecule has 0 aliphatic heterocycles. The van der Waals surface area contributed by atoms with Crippen LogP contribution in [-0.2, 0) is 16.5 Å². The lowest BCUT2D eigenvalue weighted by molar-refractivity contribution is -0.0500. The summed E-state index contributed by atoms with van der Waals surface area (Å²) in [6.07, 6.45) is 0.330. The van der Waals surface area contributed by atoms with Crippen LogP contribution in [-0.4, -0.2) is 26.8 Å². The fourth-order valence-electron chi connectivity index (χ4n) is 2.23. The molecule has 2 rings (SSSR count). The highest BCUT2D eigenvalue weighted by Gasteiger charge is 2.48. The fourth-order valence-corrected chi connectivity index (χ4v) is 2.85. The normalized spacial score (nSPS) is 11.9. The van der Waals surface area contributed by atoms with Gasteiger partial charge in [-0.1, -0.05) is 18.5 Å². The van der Waals surface area contributed by atoms with E-state index in [4.69, 9.17) is 16.3 Å². The first-order valence-electron chi connectivity index (χ1n) is 7.51. The minimum Gasteiger partial charge on any atom is -0.496 e. The molecule has 0 saturated heterocycles. The van der Waals surface area contributed by atoms with Gasteiger partial charge < -0.3 is 8.92 Å². The lowest BCUT2D eigenvalue weighted by atomic mass is 9.99. The van der Waals surface area contributed by atoms with Crippen molar-refractivity contribution in [3.8, 4) is 11.5 Å². The van der Waals surface area contributed by atoms with Crippen molar-refractivity contribution < 1.29 is 35.3 Å². The Hall–Kier alpha value is -2.26. The number of benzene rings is 2. The van der Waals surface area contributed by atoms with Gasteiger partial charge in [0.2, 0.25) is 0 Å². The van der Waals surface area contributed by atoms with E-state index in [0.717, 1.165) is 12.1 Å².